The van der Waals surface area contributed by atoms with Crippen LogP contribution in [-0.2, 0) is 0 Å². The van der Waals surface area contributed by atoms with E-state index in [1.165, 1.54) is 32.6 Å². The van der Waals surface area contributed by atoms with Gasteiger partial charge in [-0.1, -0.05) is 121 Å². The second-order valence-electron chi connectivity index (χ2n) is 14.5. The topological polar surface area (TPSA) is 39.9 Å². The smallest absolute Gasteiger partial charge is 0.137 e. The molecule has 260 valence electrons. The third-order valence-corrected chi connectivity index (χ3v) is 11.3. The molecule has 0 bridgehead atoms. The van der Waals surface area contributed by atoms with Crippen LogP contribution in [0.2, 0.25) is 0 Å². The van der Waals surface area contributed by atoms with Crippen LogP contribution in [0.15, 0.2) is 188 Å². The lowest BCUT2D eigenvalue weighted by Gasteiger charge is -2.24. The van der Waals surface area contributed by atoms with Crippen molar-refractivity contribution in [3.05, 3.63) is 188 Å². The second kappa shape index (κ2) is 12.0. The first-order valence-corrected chi connectivity index (χ1v) is 19.0. The SMILES string of the molecule is c1ccc(-c2cccc(-c3nc4ccccc4nc3-c3ccc4c5c(cccc35)-c3ccc(-n5c6ccccc6c6cc7ccccc7cc65)cc3O4)c2)cc1. The van der Waals surface area contributed by atoms with E-state index in [1.54, 1.807) is 0 Å². The molecule has 11 aromatic rings. The lowest BCUT2D eigenvalue weighted by Crippen LogP contribution is -2.01. The van der Waals surface area contributed by atoms with Crippen molar-refractivity contribution in [1.82, 2.24) is 14.5 Å². The molecule has 0 fully saturated rings. The summed E-state index contributed by atoms with van der Waals surface area (Å²) < 4.78 is 9.24. The third-order valence-electron chi connectivity index (χ3n) is 11.3. The Labute approximate surface area is 322 Å². The number of rotatable bonds is 4. The zero-order valence-electron chi connectivity index (χ0n) is 30.1. The Hall–Kier alpha value is -7.56. The number of nitrogens with zero attached hydrogens (tertiary/aromatic N) is 3. The van der Waals surface area contributed by atoms with Crippen molar-refractivity contribution in [2.24, 2.45) is 0 Å². The molecule has 1 aliphatic rings. The van der Waals surface area contributed by atoms with Crippen molar-refractivity contribution in [1.29, 1.82) is 0 Å². The highest BCUT2D eigenvalue weighted by atomic mass is 16.5. The van der Waals surface area contributed by atoms with E-state index in [1.807, 2.05) is 30.3 Å². The minimum atomic E-state index is 0.832. The van der Waals surface area contributed by atoms with E-state index in [9.17, 15) is 0 Å². The van der Waals surface area contributed by atoms with Gasteiger partial charge in [-0.25, -0.2) is 9.97 Å². The number of hydrogen-bond donors (Lipinski definition) is 0. The van der Waals surface area contributed by atoms with Crippen molar-refractivity contribution >= 4 is 54.4 Å². The molecule has 12 rings (SSSR count). The van der Waals surface area contributed by atoms with Gasteiger partial charge in [0.1, 0.15) is 11.5 Å². The average Bonchev–Trinajstić information content (AvgIpc) is 3.58. The summed E-state index contributed by atoms with van der Waals surface area (Å²) in [6.07, 6.45) is 0. The summed E-state index contributed by atoms with van der Waals surface area (Å²) in [4.78, 5) is 10.6. The van der Waals surface area contributed by atoms with Crippen molar-refractivity contribution in [3.8, 4) is 62.0 Å². The maximum atomic E-state index is 6.87. The fraction of sp³-hybridized carbons (Fsp3) is 0. The molecule has 0 saturated carbocycles. The molecule has 56 heavy (non-hydrogen) atoms. The highest BCUT2D eigenvalue weighted by molar-refractivity contribution is 6.14. The molecule has 0 N–H and O–H groups in total. The van der Waals surface area contributed by atoms with Gasteiger partial charge in [-0.2, -0.15) is 0 Å². The summed E-state index contributed by atoms with van der Waals surface area (Å²) in [6, 6.07) is 66.5. The lowest BCUT2D eigenvalue weighted by atomic mass is 9.90. The molecular weight excluding hydrogens is 683 g/mol. The Bertz CT molecular complexity index is 3400. The van der Waals surface area contributed by atoms with Crippen LogP contribution >= 0.6 is 0 Å². The van der Waals surface area contributed by atoms with E-state index in [0.717, 1.165) is 83.8 Å². The van der Waals surface area contributed by atoms with Crippen LogP contribution in [-0.4, -0.2) is 14.5 Å². The number of benzene rings is 9. The lowest BCUT2D eigenvalue weighted by molar-refractivity contribution is 0.487. The van der Waals surface area contributed by atoms with Gasteiger partial charge in [0.25, 0.3) is 0 Å². The first-order chi connectivity index (χ1) is 27.7. The van der Waals surface area contributed by atoms with E-state index in [2.05, 4.69) is 162 Å². The highest BCUT2D eigenvalue weighted by Crippen LogP contribution is 2.50. The molecule has 0 unspecified atom stereocenters. The molecule has 4 nitrogen and oxygen atoms in total. The zero-order chi connectivity index (χ0) is 36.7. The molecule has 0 saturated heterocycles. The fourth-order valence-corrected chi connectivity index (χ4v) is 8.76. The summed E-state index contributed by atoms with van der Waals surface area (Å²) in [6.45, 7) is 0. The summed E-state index contributed by atoms with van der Waals surface area (Å²) in [5.41, 5.74) is 13.4. The van der Waals surface area contributed by atoms with Crippen LogP contribution < -0.4 is 4.74 Å². The Morgan fingerprint density at radius 2 is 1.05 bits per heavy atom. The normalized spacial score (nSPS) is 12.1. The van der Waals surface area contributed by atoms with Gasteiger partial charge < -0.3 is 9.30 Å². The van der Waals surface area contributed by atoms with Crippen LogP contribution in [0.5, 0.6) is 11.5 Å². The standard InChI is InChI=1S/C52H31N3O/c1-2-12-32(13-3-1)33-16-10-17-36(28-33)51-52(54-45-22-8-7-21-44(45)53-51)42-26-27-48-50-40(19-11-20-41(42)50)39-25-24-37(31-49(39)56-48)55-46-23-9-6-18-38(46)43-29-34-14-4-5-15-35(34)30-47(43)55/h1-31H. The molecule has 3 heterocycles. The van der Waals surface area contributed by atoms with E-state index in [-0.39, 0.29) is 0 Å². The molecule has 4 heteroatoms. The van der Waals surface area contributed by atoms with Gasteiger partial charge in [0, 0.05) is 44.6 Å². The van der Waals surface area contributed by atoms with Crippen LogP contribution in [0.1, 0.15) is 0 Å². The van der Waals surface area contributed by atoms with Gasteiger partial charge in [0.15, 0.2) is 0 Å². The molecule has 0 atom stereocenters. The van der Waals surface area contributed by atoms with Crippen LogP contribution in [0.4, 0.5) is 0 Å². The van der Waals surface area contributed by atoms with Gasteiger partial charge in [-0.05, 0) is 93.5 Å². The number of ether oxygens (including phenoxy) is 1. The maximum absolute atomic E-state index is 6.87. The maximum Gasteiger partial charge on any atom is 0.137 e. The predicted octanol–water partition coefficient (Wildman–Crippen LogP) is 13.8. The summed E-state index contributed by atoms with van der Waals surface area (Å²) in [7, 11) is 0. The van der Waals surface area contributed by atoms with Gasteiger partial charge in [0.2, 0.25) is 0 Å². The highest BCUT2D eigenvalue weighted by Gasteiger charge is 2.25. The molecule has 0 amide bonds. The Morgan fingerprint density at radius 1 is 0.375 bits per heavy atom. The number of fused-ring (bicyclic) bond motifs is 7. The predicted molar refractivity (Wildman–Crippen MR) is 231 cm³/mol. The van der Waals surface area contributed by atoms with Gasteiger partial charge in [-0.15, -0.1) is 0 Å². The quantitative estimate of drug-likeness (QED) is 0.182. The molecule has 2 aromatic heterocycles. The van der Waals surface area contributed by atoms with Gasteiger partial charge in [-0.3, -0.25) is 0 Å². The van der Waals surface area contributed by atoms with E-state index >= 15 is 0 Å². The number of aromatic nitrogens is 3. The Balaban J connectivity index is 1.03. The molecule has 9 aromatic carbocycles. The number of para-hydroxylation sites is 3. The van der Waals surface area contributed by atoms with Gasteiger partial charge >= 0.3 is 0 Å². The molecule has 0 radical (unpaired) electrons. The van der Waals surface area contributed by atoms with Crippen molar-refractivity contribution in [3.63, 3.8) is 0 Å². The third kappa shape index (κ3) is 4.66. The van der Waals surface area contributed by atoms with E-state index in [4.69, 9.17) is 14.7 Å². The van der Waals surface area contributed by atoms with Crippen LogP contribution in [0, 0.1) is 0 Å². The Morgan fingerprint density at radius 3 is 1.93 bits per heavy atom. The molecular formula is C52H31N3O. The minimum absolute atomic E-state index is 0.832. The Kier molecular flexibility index (Phi) is 6.60. The van der Waals surface area contributed by atoms with E-state index < -0.39 is 0 Å². The summed E-state index contributed by atoms with van der Waals surface area (Å²) in [5, 5.41) is 7.09. The van der Waals surface area contributed by atoms with Crippen LogP contribution in [0.25, 0.3) is 105 Å². The minimum Gasteiger partial charge on any atom is -0.456 e. The zero-order valence-corrected chi connectivity index (χ0v) is 30.1. The second-order valence-corrected chi connectivity index (χ2v) is 14.5. The summed E-state index contributed by atoms with van der Waals surface area (Å²) >= 11 is 0. The number of hydrogen-bond acceptors (Lipinski definition) is 3. The summed E-state index contributed by atoms with van der Waals surface area (Å²) in [5.74, 6) is 1.67. The van der Waals surface area contributed by atoms with Gasteiger partial charge in [0.05, 0.1) is 33.5 Å². The van der Waals surface area contributed by atoms with Crippen molar-refractivity contribution in [2.45, 2.75) is 0 Å². The van der Waals surface area contributed by atoms with Crippen molar-refractivity contribution in [2.75, 3.05) is 0 Å². The monoisotopic (exact) mass is 713 g/mol. The molecule has 0 spiro atoms. The molecule has 0 aliphatic carbocycles. The largest absolute Gasteiger partial charge is 0.456 e. The first kappa shape index (κ1) is 30.9. The fourth-order valence-electron chi connectivity index (χ4n) is 8.76. The first-order valence-electron chi connectivity index (χ1n) is 19.0. The van der Waals surface area contributed by atoms with Crippen molar-refractivity contribution < 1.29 is 4.74 Å². The van der Waals surface area contributed by atoms with E-state index in [0.29, 0.717) is 0 Å². The molecule has 1 aliphatic heterocycles. The van der Waals surface area contributed by atoms with Crippen LogP contribution in [0.3, 0.4) is 0 Å². The average molecular weight is 714 g/mol.